The molecule has 0 amide bonds. The molecule has 1 aromatic carbocycles. The number of carbonyl (C=O) groups is 1. The maximum absolute atomic E-state index is 11.2. The van der Waals surface area contributed by atoms with Gasteiger partial charge in [0.2, 0.25) is 0 Å². The lowest BCUT2D eigenvalue weighted by Gasteiger charge is -2.02. The first-order valence-electron chi connectivity index (χ1n) is 4.74. The van der Waals surface area contributed by atoms with Crippen molar-refractivity contribution in [2.45, 2.75) is 13.3 Å². The molecule has 1 aromatic rings. The monoisotopic (exact) mass is 225 g/mol. The van der Waals surface area contributed by atoms with Crippen molar-refractivity contribution in [3.8, 4) is 0 Å². The van der Waals surface area contributed by atoms with Crippen LogP contribution in [-0.2, 0) is 16.0 Å². The Hall–Kier alpha value is -2.11. The normalized spacial score (nSPS) is 9.81. The van der Waals surface area contributed by atoms with E-state index < -0.39 is 5.97 Å². The number of hydrogen-bond donors (Lipinski definition) is 2. The zero-order valence-corrected chi connectivity index (χ0v) is 8.84. The van der Waals surface area contributed by atoms with Crippen molar-refractivity contribution in [2.75, 3.05) is 12.3 Å². The maximum Gasteiger partial charge on any atom is 0.339 e. The molecule has 0 aliphatic heterocycles. The molecule has 86 valence electrons. The number of ether oxygens (including phenoxy) is 1. The number of carbonyl (C=O) groups excluding carboxylic acids is 1. The minimum absolute atomic E-state index is 0.0367. The SMILES string of the molecule is CCOC(=O)Cc1ccc(N)c([N+](=O)O)c1. The minimum Gasteiger partial charge on any atom is -0.466 e. The number of rotatable bonds is 4. The van der Waals surface area contributed by atoms with E-state index >= 15 is 0 Å². The summed E-state index contributed by atoms with van der Waals surface area (Å²) in [6.07, 6.45) is 0.0367. The molecular weight excluding hydrogens is 212 g/mol. The highest BCUT2D eigenvalue weighted by molar-refractivity contribution is 5.73. The van der Waals surface area contributed by atoms with Gasteiger partial charge in [0.05, 0.1) is 17.9 Å². The van der Waals surface area contributed by atoms with Crippen LogP contribution in [0.2, 0.25) is 0 Å². The molecule has 0 aliphatic rings. The Morgan fingerprint density at radius 2 is 2.25 bits per heavy atom. The van der Waals surface area contributed by atoms with Gasteiger partial charge >= 0.3 is 11.7 Å². The fourth-order valence-corrected chi connectivity index (χ4v) is 1.24. The van der Waals surface area contributed by atoms with Crippen LogP contribution in [0.4, 0.5) is 11.4 Å². The molecule has 3 N–H and O–H groups in total. The van der Waals surface area contributed by atoms with Crippen LogP contribution >= 0.6 is 0 Å². The van der Waals surface area contributed by atoms with Crippen molar-refractivity contribution in [3.63, 3.8) is 0 Å². The summed E-state index contributed by atoms with van der Waals surface area (Å²) < 4.78 is 4.75. The van der Waals surface area contributed by atoms with Gasteiger partial charge in [0, 0.05) is 6.07 Å². The fraction of sp³-hybridized carbons (Fsp3) is 0.300. The largest absolute Gasteiger partial charge is 0.466 e. The number of nitrogen functional groups attached to an aromatic ring is 1. The van der Waals surface area contributed by atoms with E-state index in [1.165, 1.54) is 12.1 Å². The summed E-state index contributed by atoms with van der Waals surface area (Å²) in [4.78, 5) is 21.5. The molecular formula is C10H13N2O4+. The van der Waals surface area contributed by atoms with Gasteiger partial charge in [-0.05, 0) is 18.6 Å². The standard InChI is InChI=1S/C10H13N2O4/c1-2-16-10(13)6-7-3-4-8(11)9(5-7)12(14)15/h3-5H,2,6,11H2,1H3,(H,14,15)/q+1. The number of anilines is 1. The highest BCUT2D eigenvalue weighted by Gasteiger charge is 2.18. The number of esters is 1. The first-order chi connectivity index (χ1) is 7.54. The van der Waals surface area contributed by atoms with Gasteiger partial charge < -0.3 is 10.5 Å². The van der Waals surface area contributed by atoms with Crippen LogP contribution < -0.4 is 5.73 Å². The van der Waals surface area contributed by atoms with Crippen molar-refractivity contribution in [3.05, 3.63) is 28.7 Å². The second kappa shape index (κ2) is 5.11. The van der Waals surface area contributed by atoms with Crippen molar-refractivity contribution < 1.29 is 19.7 Å². The predicted molar refractivity (Wildman–Crippen MR) is 56.3 cm³/mol. The number of benzene rings is 1. The van der Waals surface area contributed by atoms with E-state index in [-0.39, 0.29) is 22.7 Å². The Morgan fingerprint density at radius 1 is 1.56 bits per heavy atom. The molecule has 0 aromatic heterocycles. The Morgan fingerprint density at radius 3 is 2.81 bits per heavy atom. The van der Waals surface area contributed by atoms with Crippen molar-refractivity contribution in [1.29, 1.82) is 0 Å². The molecule has 0 saturated carbocycles. The molecule has 0 bridgehead atoms. The zero-order chi connectivity index (χ0) is 12.1. The van der Waals surface area contributed by atoms with Crippen LogP contribution in [0, 0.1) is 4.91 Å². The molecule has 0 unspecified atom stereocenters. The molecule has 0 atom stereocenters. The second-order valence-corrected chi connectivity index (χ2v) is 3.15. The van der Waals surface area contributed by atoms with Gasteiger partial charge in [0.25, 0.3) is 4.92 Å². The van der Waals surface area contributed by atoms with Crippen LogP contribution in [-0.4, -0.2) is 22.7 Å². The third-order valence-electron chi connectivity index (χ3n) is 1.95. The van der Waals surface area contributed by atoms with Gasteiger partial charge in [-0.2, -0.15) is 0 Å². The van der Waals surface area contributed by atoms with Crippen LogP contribution in [0.1, 0.15) is 12.5 Å². The van der Waals surface area contributed by atoms with E-state index in [4.69, 9.17) is 15.7 Å². The number of nitrogens with zero attached hydrogens (tertiary/aromatic N) is 1. The molecule has 0 fully saturated rings. The van der Waals surface area contributed by atoms with Gasteiger partial charge in [-0.3, -0.25) is 4.79 Å². The molecule has 0 spiro atoms. The van der Waals surface area contributed by atoms with Crippen molar-refractivity contribution in [2.24, 2.45) is 0 Å². The summed E-state index contributed by atoms with van der Waals surface area (Å²) >= 11 is 0. The van der Waals surface area contributed by atoms with Gasteiger partial charge in [0.15, 0.2) is 0 Å². The lowest BCUT2D eigenvalue weighted by atomic mass is 10.1. The van der Waals surface area contributed by atoms with E-state index in [9.17, 15) is 9.70 Å². The Labute approximate surface area is 92.2 Å². The average molecular weight is 225 g/mol. The summed E-state index contributed by atoms with van der Waals surface area (Å²) in [7, 11) is 0. The Balaban J connectivity index is 2.87. The highest BCUT2D eigenvalue weighted by Crippen LogP contribution is 2.22. The third-order valence-corrected chi connectivity index (χ3v) is 1.95. The van der Waals surface area contributed by atoms with Crippen molar-refractivity contribution >= 4 is 17.3 Å². The Bertz CT molecular complexity index is 417. The number of nitrogens with two attached hydrogens (primary N) is 1. The highest BCUT2D eigenvalue weighted by atomic mass is 16.6. The van der Waals surface area contributed by atoms with Crippen LogP contribution in [0.5, 0.6) is 0 Å². The average Bonchev–Trinajstić information content (AvgIpc) is 2.21. The molecule has 6 nitrogen and oxygen atoms in total. The third kappa shape index (κ3) is 2.94. The van der Waals surface area contributed by atoms with Crippen LogP contribution in [0.25, 0.3) is 0 Å². The maximum atomic E-state index is 11.2. The molecule has 0 aliphatic carbocycles. The summed E-state index contributed by atoms with van der Waals surface area (Å²) in [6.45, 7) is 2.01. The molecule has 16 heavy (non-hydrogen) atoms. The van der Waals surface area contributed by atoms with E-state index in [0.717, 1.165) is 0 Å². The van der Waals surface area contributed by atoms with E-state index in [2.05, 4.69) is 0 Å². The first-order valence-corrected chi connectivity index (χ1v) is 4.74. The topological polar surface area (TPSA) is 92.6 Å². The summed E-state index contributed by atoms with van der Waals surface area (Å²) in [5.74, 6) is -0.395. The lowest BCUT2D eigenvalue weighted by molar-refractivity contribution is -0.729. The smallest absolute Gasteiger partial charge is 0.339 e. The van der Waals surface area contributed by atoms with Gasteiger partial charge in [0.1, 0.15) is 5.69 Å². The molecule has 0 radical (unpaired) electrons. The minimum atomic E-state index is -0.395. The molecule has 1 rings (SSSR count). The quantitative estimate of drug-likeness (QED) is 0.456. The zero-order valence-electron chi connectivity index (χ0n) is 8.84. The summed E-state index contributed by atoms with van der Waals surface area (Å²) in [6, 6.07) is 4.39. The van der Waals surface area contributed by atoms with Crippen LogP contribution in [0.3, 0.4) is 0 Å². The lowest BCUT2D eigenvalue weighted by Crippen LogP contribution is -2.08. The Kier molecular flexibility index (Phi) is 3.82. The van der Waals surface area contributed by atoms with E-state index in [1.54, 1.807) is 13.0 Å². The van der Waals surface area contributed by atoms with Gasteiger partial charge in [-0.1, -0.05) is 6.07 Å². The van der Waals surface area contributed by atoms with Gasteiger partial charge in [-0.15, -0.1) is 0 Å². The molecule has 0 heterocycles. The number of hydrogen-bond acceptors (Lipinski definition) is 4. The summed E-state index contributed by atoms with van der Waals surface area (Å²) in [5.41, 5.74) is 6.08. The van der Waals surface area contributed by atoms with Crippen molar-refractivity contribution in [1.82, 2.24) is 0 Å². The van der Waals surface area contributed by atoms with E-state index in [0.29, 0.717) is 12.2 Å². The summed E-state index contributed by atoms with van der Waals surface area (Å²) in [5, 5.41) is 8.75. The van der Waals surface area contributed by atoms with Crippen LogP contribution in [0.15, 0.2) is 18.2 Å². The predicted octanol–water partition coefficient (Wildman–Crippen LogP) is 1.17. The van der Waals surface area contributed by atoms with E-state index in [1.807, 2.05) is 0 Å². The molecule has 0 saturated heterocycles. The second-order valence-electron chi connectivity index (χ2n) is 3.15. The van der Waals surface area contributed by atoms with Gasteiger partial charge in [-0.25, -0.2) is 5.21 Å². The fourth-order valence-electron chi connectivity index (χ4n) is 1.24. The first kappa shape index (κ1) is 12.0. The molecule has 6 heteroatoms.